The summed E-state index contributed by atoms with van der Waals surface area (Å²) in [5.74, 6) is -0.271. The van der Waals surface area contributed by atoms with Crippen molar-refractivity contribution in [2.75, 3.05) is 0 Å². The second-order valence-corrected chi connectivity index (χ2v) is 20.5. The average Bonchev–Trinajstić information content (AvgIpc) is 3.80. The number of hydrogen-bond acceptors (Lipinski definition) is 3. The Labute approximate surface area is 350 Å². The first kappa shape index (κ1) is 37.3. The zero-order valence-electron chi connectivity index (χ0n) is 32.0. The van der Waals surface area contributed by atoms with E-state index in [-0.39, 0.29) is 25.9 Å². The number of rotatable bonds is 4. The molecule has 0 unspecified atom stereocenters. The molecule has 4 nitrogen and oxygen atoms in total. The van der Waals surface area contributed by atoms with Gasteiger partial charge in [0.25, 0.3) is 0 Å². The largest absolute Gasteiger partial charge is 0.500 e. The number of benzene rings is 7. The van der Waals surface area contributed by atoms with Crippen LogP contribution in [0.4, 0.5) is 4.39 Å². The van der Waals surface area contributed by atoms with Gasteiger partial charge in [0.05, 0.1) is 19.2 Å². The number of halogens is 1. The molecule has 0 aliphatic rings. The molecule has 0 fully saturated rings. The number of para-hydroxylation sites is 2. The molecule has 1 radical (unpaired) electrons. The fourth-order valence-corrected chi connectivity index (χ4v) is 8.93. The van der Waals surface area contributed by atoms with Gasteiger partial charge in [-0.25, -0.2) is 0 Å². The topological polar surface area (TPSA) is 43.9 Å². The van der Waals surface area contributed by atoms with Crippen LogP contribution in [-0.2, 0) is 20.1 Å². The Morgan fingerprint density at radius 2 is 1.28 bits per heavy atom. The maximum Gasteiger partial charge on any atom is 0.128 e. The van der Waals surface area contributed by atoms with Gasteiger partial charge in [0.1, 0.15) is 5.58 Å². The maximum atomic E-state index is 12.8. The van der Waals surface area contributed by atoms with Crippen molar-refractivity contribution in [2.45, 2.75) is 19.6 Å². The van der Waals surface area contributed by atoms with Crippen LogP contribution >= 0.6 is 0 Å². The molecular weight excluding hydrogens is 910 g/mol. The summed E-state index contributed by atoms with van der Waals surface area (Å²) in [5.41, 5.74) is 8.48. The normalized spacial score (nSPS) is 11.7. The third-order valence-electron chi connectivity index (χ3n) is 10.8. The van der Waals surface area contributed by atoms with Crippen LogP contribution in [0.5, 0.6) is 0 Å². The summed E-state index contributed by atoms with van der Waals surface area (Å²) < 4.78 is 21.8. The molecule has 283 valence electrons. The molecule has 4 aromatic heterocycles. The summed E-state index contributed by atoms with van der Waals surface area (Å²) in [6.45, 7) is 6.86. The van der Waals surface area contributed by atoms with Crippen molar-refractivity contribution in [1.29, 1.82) is 0 Å². The van der Waals surface area contributed by atoms with Crippen molar-refractivity contribution in [2.24, 2.45) is 0 Å². The Kier molecular flexibility index (Phi) is 9.61. The van der Waals surface area contributed by atoms with Crippen molar-refractivity contribution in [1.82, 2.24) is 14.5 Å². The number of hydrogen-bond donors (Lipinski definition) is 0. The second-order valence-electron chi connectivity index (χ2n) is 15.4. The van der Waals surface area contributed by atoms with Gasteiger partial charge in [0.2, 0.25) is 0 Å². The van der Waals surface area contributed by atoms with Gasteiger partial charge in [0.15, 0.2) is 0 Å². The van der Waals surface area contributed by atoms with Crippen LogP contribution in [0.2, 0.25) is 19.6 Å². The van der Waals surface area contributed by atoms with Crippen molar-refractivity contribution in [3.05, 3.63) is 182 Å². The van der Waals surface area contributed by atoms with Crippen LogP contribution in [-0.4, -0.2) is 22.6 Å². The third kappa shape index (κ3) is 6.51. The van der Waals surface area contributed by atoms with Gasteiger partial charge < -0.3 is 19.0 Å². The molecule has 58 heavy (non-hydrogen) atoms. The van der Waals surface area contributed by atoms with Crippen molar-refractivity contribution in [3.8, 4) is 28.2 Å². The van der Waals surface area contributed by atoms with E-state index in [1.54, 1.807) is 6.07 Å². The Morgan fingerprint density at radius 3 is 2.05 bits per heavy atom. The minimum absolute atomic E-state index is 0. The van der Waals surface area contributed by atoms with E-state index in [0.29, 0.717) is 0 Å². The Morgan fingerprint density at radius 1 is 0.569 bits per heavy atom. The van der Waals surface area contributed by atoms with Crippen molar-refractivity contribution < 1.29 is 28.9 Å². The van der Waals surface area contributed by atoms with Gasteiger partial charge in [-0.3, -0.25) is 4.39 Å². The summed E-state index contributed by atoms with van der Waals surface area (Å²) in [7, 11) is -1.30. The molecule has 11 rings (SSSR count). The number of aromatic nitrogens is 3. The molecule has 7 aromatic carbocycles. The average molecular weight is 946 g/mol. The molecule has 0 amide bonds. The SMILES string of the molecule is C[Si](C)(C)c1ccc(-c2[c-]cc(F)cc2)nc1.[Ir].[c-]1ccc2c(oc3c2ccc2c4ccccc4ccc23)c1-c1cc2c(cn1)c1ccccc1n2-c1ccccc1. The van der Waals surface area contributed by atoms with Crippen molar-refractivity contribution in [3.63, 3.8) is 0 Å². The van der Waals surface area contributed by atoms with E-state index in [0.717, 1.165) is 71.9 Å². The van der Waals surface area contributed by atoms with E-state index in [1.165, 1.54) is 38.9 Å². The Hall–Kier alpha value is -6.24. The number of pyridine rings is 2. The number of nitrogens with zero attached hydrogens (tertiary/aromatic N) is 3. The van der Waals surface area contributed by atoms with Crippen LogP contribution in [0.3, 0.4) is 0 Å². The third-order valence-corrected chi connectivity index (χ3v) is 12.9. The van der Waals surface area contributed by atoms with Crippen LogP contribution < -0.4 is 5.19 Å². The summed E-state index contributed by atoms with van der Waals surface area (Å²) in [6, 6.07) is 57.4. The molecule has 0 N–H and O–H groups in total. The molecule has 0 saturated carbocycles. The van der Waals surface area contributed by atoms with E-state index in [2.05, 4.69) is 157 Å². The fraction of sp³-hybridized carbons (Fsp3) is 0.0588. The quantitative estimate of drug-likeness (QED) is 0.100. The Balaban J connectivity index is 0.000000205. The molecule has 11 aromatic rings. The van der Waals surface area contributed by atoms with E-state index in [1.807, 2.05) is 30.6 Å². The summed E-state index contributed by atoms with van der Waals surface area (Å²) >= 11 is 0. The van der Waals surface area contributed by atoms with Crippen molar-refractivity contribution >= 4 is 78.5 Å². The van der Waals surface area contributed by atoms with Crippen LogP contribution in [0.15, 0.2) is 168 Å². The number of fused-ring (bicyclic) bond motifs is 10. The molecule has 0 saturated heterocycles. The fourth-order valence-electron chi connectivity index (χ4n) is 7.89. The first-order chi connectivity index (χ1) is 27.8. The van der Waals surface area contributed by atoms with E-state index in [4.69, 9.17) is 9.40 Å². The van der Waals surface area contributed by atoms with Gasteiger partial charge in [0, 0.05) is 71.1 Å². The maximum absolute atomic E-state index is 12.8. The molecule has 7 heteroatoms. The van der Waals surface area contributed by atoms with E-state index in [9.17, 15) is 4.39 Å². The van der Waals surface area contributed by atoms with Gasteiger partial charge in [-0.2, -0.15) is 0 Å². The Bertz CT molecular complexity index is 3280. The second kappa shape index (κ2) is 14.9. The summed E-state index contributed by atoms with van der Waals surface area (Å²) in [4.78, 5) is 9.38. The molecule has 0 spiro atoms. The van der Waals surface area contributed by atoms with Crippen LogP contribution in [0.1, 0.15) is 0 Å². The molecule has 4 heterocycles. The molecule has 0 aliphatic heterocycles. The molecule has 0 bridgehead atoms. The first-order valence-electron chi connectivity index (χ1n) is 19.1. The van der Waals surface area contributed by atoms with Gasteiger partial charge >= 0.3 is 0 Å². The number of furan rings is 1. The molecule has 0 atom stereocenters. The van der Waals surface area contributed by atoms with Gasteiger partial charge in [-0.1, -0.05) is 134 Å². The van der Waals surface area contributed by atoms with Crippen LogP contribution in [0.25, 0.3) is 93.5 Å². The van der Waals surface area contributed by atoms with E-state index < -0.39 is 8.07 Å². The van der Waals surface area contributed by atoms with E-state index >= 15 is 0 Å². The summed E-state index contributed by atoms with van der Waals surface area (Å²) in [5, 5.41) is 10.6. The molecule has 0 aliphatic carbocycles. The zero-order valence-corrected chi connectivity index (χ0v) is 35.4. The summed E-state index contributed by atoms with van der Waals surface area (Å²) in [6.07, 6.45) is 3.92. The predicted octanol–water partition coefficient (Wildman–Crippen LogP) is 13.1. The predicted molar refractivity (Wildman–Crippen MR) is 237 cm³/mol. The van der Waals surface area contributed by atoms with Gasteiger partial charge in [-0.15, -0.1) is 48.0 Å². The standard InChI is InChI=1S/C37H21N2O.C14H15FNSi.Ir/c1-2-10-24(11-3-1)39-34-16-7-6-13-27(34)32-22-38-33(21-35(32)39)31-15-8-14-28-30-20-19-26-25-12-5-4-9-23(25)17-18-29(26)36(30)40-37(28)31;1-17(2,3)13-8-9-14(16-10-13)11-4-6-12(15)7-5-11;/h1-14,16-22H;4,6-10H,1-3H3;/q2*-1;. The smallest absolute Gasteiger partial charge is 0.128 e. The monoisotopic (exact) mass is 946 g/mol. The van der Waals surface area contributed by atoms with Crippen LogP contribution in [0, 0.1) is 17.9 Å². The minimum atomic E-state index is -1.30. The molecular formula is C51H36FIrN3OSi-2. The minimum Gasteiger partial charge on any atom is -0.500 e. The van der Waals surface area contributed by atoms with Gasteiger partial charge in [-0.05, 0) is 50.9 Å². The first-order valence-corrected chi connectivity index (χ1v) is 22.6. The zero-order chi connectivity index (χ0) is 38.7.